The third-order valence-corrected chi connectivity index (χ3v) is 4.61. The highest BCUT2D eigenvalue weighted by molar-refractivity contribution is 7.20. The molecule has 0 atom stereocenters. The molecule has 0 aliphatic rings. The number of esters is 1. The van der Waals surface area contributed by atoms with Gasteiger partial charge in [0.05, 0.1) is 14.2 Å². The van der Waals surface area contributed by atoms with E-state index in [1.165, 1.54) is 18.4 Å². The first-order valence-corrected chi connectivity index (χ1v) is 7.96. The summed E-state index contributed by atoms with van der Waals surface area (Å²) in [7, 11) is 3.06. The van der Waals surface area contributed by atoms with E-state index in [1.807, 2.05) is 60.7 Å². The van der Waals surface area contributed by atoms with Crippen molar-refractivity contribution in [3.8, 4) is 5.75 Å². The summed E-state index contributed by atoms with van der Waals surface area (Å²) in [4.78, 5) is 12.3. The molecule has 3 rings (SSSR count). The largest absolute Gasteiger partial charge is 0.497 e. The van der Waals surface area contributed by atoms with Gasteiger partial charge in [-0.05, 0) is 35.4 Å². The van der Waals surface area contributed by atoms with Crippen molar-refractivity contribution in [3.05, 3.63) is 64.5 Å². The molecule has 0 spiro atoms. The maximum absolute atomic E-state index is 11.7. The second-order valence-corrected chi connectivity index (χ2v) is 6.06. The van der Waals surface area contributed by atoms with Crippen molar-refractivity contribution in [1.29, 1.82) is 0 Å². The van der Waals surface area contributed by atoms with Gasteiger partial charge in [0.15, 0.2) is 0 Å². The fraction of sp³-hybridized carbons (Fsp3) is 0.105. The van der Waals surface area contributed by atoms with Crippen LogP contribution in [0.25, 0.3) is 22.2 Å². The molecule has 1 heterocycles. The molecule has 2 aromatic carbocycles. The molecule has 0 aliphatic heterocycles. The number of methoxy groups -OCH3 is 2. The van der Waals surface area contributed by atoms with E-state index in [0.717, 1.165) is 27.0 Å². The van der Waals surface area contributed by atoms with Gasteiger partial charge in [-0.25, -0.2) is 4.79 Å². The number of carbonyl (C=O) groups is 1. The summed E-state index contributed by atoms with van der Waals surface area (Å²) in [6.45, 7) is 0. The van der Waals surface area contributed by atoms with Gasteiger partial charge >= 0.3 is 5.97 Å². The van der Waals surface area contributed by atoms with E-state index in [-0.39, 0.29) is 5.97 Å². The molecular formula is C19H16O3S. The lowest BCUT2D eigenvalue weighted by molar-refractivity contribution is 0.0606. The second-order valence-electron chi connectivity index (χ2n) is 4.97. The highest BCUT2D eigenvalue weighted by Crippen LogP contribution is 2.30. The minimum atomic E-state index is -0.297. The molecule has 0 saturated heterocycles. The molecular weight excluding hydrogens is 308 g/mol. The molecule has 0 saturated carbocycles. The van der Waals surface area contributed by atoms with E-state index in [9.17, 15) is 4.79 Å². The van der Waals surface area contributed by atoms with Gasteiger partial charge in [0.1, 0.15) is 10.6 Å². The number of hydrogen-bond donors (Lipinski definition) is 0. The van der Waals surface area contributed by atoms with Crippen molar-refractivity contribution in [2.24, 2.45) is 0 Å². The van der Waals surface area contributed by atoms with Gasteiger partial charge in [0.25, 0.3) is 0 Å². The quantitative estimate of drug-likeness (QED) is 0.507. The van der Waals surface area contributed by atoms with Crippen LogP contribution in [0, 0.1) is 0 Å². The highest BCUT2D eigenvalue weighted by atomic mass is 32.1. The van der Waals surface area contributed by atoms with Gasteiger partial charge in [-0.1, -0.05) is 36.4 Å². The number of ether oxygens (including phenoxy) is 2. The Morgan fingerprint density at radius 1 is 1.04 bits per heavy atom. The lowest BCUT2D eigenvalue weighted by Crippen LogP contribution is -1.96. The average molecular weight is 324 g/mol. The topological polar surface area (TPSA) is 35.5 Å². The Kier molecular flexibility index (Phi) is 4.44. The van der Waals surface area contributed by atoms with Gasteiger partial charge < -0.3 is 9.47 Å². The van der Waals surface area contributed by atoms with Crippen LogP contribution in [-0.2, 0) is 4.74 Å². The number of carbonyl (C=O) groups excluding carboxylic acids is 1. The Morgan fingerprint density at radius 2 is 1.87 bits per heavy atom. The molecule has 0 aliphatic carbocycles. The molecule has 23 heavy (non-hydrogen) atoms. The lowest BCUT2D eigenvalue weighted by atomic mass is 10.1. The van der Waals surface area contributed by atoms with E-state index in [1.54, 1.807) is 7.11 Å². The SMILES string of the molecule is COC(=O)c1cc2c(/C=C/c3cccc(OC)c3)cccc2s1. The first-order valence-electron chi connectivity index (χ1n) is 7.14. The normalized spacial score (nSPS) is 11.0. The molecule has 0 amide bonds. The molecule has 0 fully saturated rings. The van der Waals surface area contributed by atoms with Crippen LogP contribution in [0.1, 0.15) is 20.8 Å². The summed E-state index contributed by atoms with van der Waals surface area (Å²) in [5.41, 5.74) is 2.13. The molecule has 0 bridgehead atoms. The first kappa shape index (κ1) is 15.3. The van der Waals surface area contributed by atoms with E-state index < -0.39 is 0 Å². The highest BCUT2D eigenvalue weighted by Gasteiger charge is 2.11. The van der Waals surface area contributed by atoms with Crippen molar-refractivity contribution >= 4 is 39.5 Å². The van der Waals surface area contributed by atoms with Crippen LogP contribution in [0.4, 0.5) is 0 Å². The number of thiophene rings is 1. The van der Waals surface area contributed by atoms with Crippen LogP contribution in [0.15, 0.2) is 48.5 Å². The average Bonchev–Trinajstić information content (AvgIpc) is 3.04. The van der Waals surface area contributed by atoms with E-state index in [4.69, 9.17) is 9.47 Å². The summed E-state index contributed by atoms with van der Waals surface area (Å²) < 4.78 is 11.1. The Hall–Kier alpha value is -2.59. The molecule has 3 nitrogen and oxygen atoms in total. The van der Waals surface area contributed by atoms with Crippen LogP contribution in [-0.4, -0.2) is 20.2 Å². The Labute approximate surface area is 138 Å². The third kappa shape index (κ3) is 3.27. The Bertz CT molecular complexity index is 877. The van der Waals surface area contributed by atoms with Crippen LogP contribution >= 0.6 is 11.3 Å². The molecule has 4 heteroatoms. The van der Waals surface area contributed by atoms with Crippen molar-refractivity contribution in [2.45, 2.75) is 0 Å². The van der Waals surface area contributed by atoms with Crippen LogP contribution in [0.2, 0.25) is 0 Å². The molecule has 116 valence electrons. The van der Waals surface area contributed by atoms with Gasteiger partial charge in [-0.3, -0.25) is 0 Å². The van der Waals surface area contributed by atoms with Crippen molar-refractivity contribution < 1.29 is 14.3 Å². The van der Waals surface area contributed by atoms with Gasteiger partial charge in [0, 0.05) is 10.1 Å². The van der Waals surface area contributed by atoms with Crippen molar-refractivity contribution in [3.63, 3.8) is 0 Å². The fourth-order valence-electron chi connectivity index (χ4n) is 2.36. The smallest absolute Gasteiger partial charge is 0.348 e. The molecule has 1 aromatic heterocycles. The molecule has 0 N–H and O–H groups in total. The molecule has 0 radical (unpaired) electrons. The first-order chi connectivity index (χ1) is 11.2. The van der Waals surface area contributed by atoms with E-state index >= 15 is 0 Å². The zero-order valence-corrected chi connectivity index (χ0v) is 13.7. The van der Waals surface area contributed by atoms with Crippen LogP contribution < -0.4 is 4.74 Å². The van der Waals surface area contributed by atoms with Gasteiger partial charge in [0.2, 0.25) is 0 Å². The standard InChI is InChI=1S/C19H16O3S/c1-21-15-7-3-5-13(11-15)9-10-14-6-4-8-17-16(14)12-18(23-17)19(20)22-2/h3-12H,1-2H3/b10-9+. The van der Waals surface area contributed by atoms with E-state index in [2.05, 4.69) is 0 Å². The van der Waals surface area contributed by atoms with Gasteiger partial charge in [-0.15, -0.1) is 11.3 Å². The van der Waals surface area contributed by atoms with E-state index in [0.29, 0.717) is 4.88 Å². The number of hydrogen-bond acceptors (Lipinski definition) is 4. The zero-order chi connectivity index (χ0) is 16.2. The van der Waals surface area contributed by atoms with Crippen molar-refractivity contribution in [2.75, 3.05) is 14.2 Å². The zero-order valence-electron chi connectivity index (χ0n) is 12.9. The minimum Gasteiger partial charge on any atom is -0.497 e. The predicted molar refractivity (Wildman–Crippen MR) is 95.1 cm³/mol. The predicted octanol–water partition coefficient (Wildman–Crippen LogP) is 4.87. The minimum absolute atomic E-state index is 0.297. The summed E-state index contributed by atoms with van der Waals surface area (Å²) in [6, 6.07) is 15.8. The van der Waals surface area contributed by atoms with Gasteiger partial charge in [-0.2, -0.15) is 0 Å². The van der Waals surface area contributed by atoms with Crippen LogP contribution in [0.3, 0.4) is 0 Å². The fourth-order valence-corrected chi connectivity index (χ4v) is 3.37. The lowest BCUT2D eigenvalue weighted by Gasteiger charge is -2.00. The maximum Gasteiger partial charge on any atom is 0.348 e. The molecule has 0 unspecified atom stereocenters. The molecule has 3 aromatic rings. The monoisotopic (exact) mass is 324 g/mol. The summed E-state index contributed by atoms with van der Waals surface area (Å²) >= 11 is 1.44. The Morgan fingerprint density at radius 3 is 2.65 bits per heavy atom. The Balaban J connectivity index is 1.97. The number of fused-ring (bicyclic) bond motifs is 1. The van der Waals surface area contributed by atoms with Crippen molar-refractivity contribution in [1.82, 2.24) is 0 Å². The van der Waals surface area contributed by atoms with Crippen LogP contribution in [0.5, 0.6) is 5.75 Å². The number of rotatable bonds is 4. The summed E-state index contributed by atoms with van der Waals surface area (Å²) in [5.74, 6) is 0.530. The third-order valence-electron chi connectivity index (χ3n) is 3.53. The second kappa shape index (κ2) is 6.67. The summed E-state index contributed by atoms with van der Waals surface area (Å²) in [5, 5.41) is 1.05. The summed E-state index contributed by atoms with van der Waals surface area (Å²) in [6.07, 6.45) is 4.08. The number of benzene rings is 2. The maximum atomic E-state index is 11.7.